The van der Waals surface area contributed by atoms with Crippen LogP contribution >= 0.6 is 0 Å². The zero-order valence-corrected chi connectivity index (χ0v) is 19.5. The average molecular weight is 391 g/mol. The van der Waals surface area contributed by atoms with E-state index >= 15 is 0 Å². The van der Waals surface area contributed by atoms with Gasteiger partial charge in [-0.1, -0.05) is 106 Å². The van der Waals surface area contributed by atoms with Crippen LogP contribution in [0, 0.1) is 0 Å². The van der Waals surface area contributed by atoms with Crippen molar-refractivity contribution < 1.29 is 10.2 Å². The molecule has 0 bridgehead atoms. The maximum absolute atomic E-state index is 10.8. The highest BCUT2D eigenvalue weighted by Crippen LogP contribution is 2.43. The van der Waals surface area contributed by atoms with Crippen molar-refractivity contribution in [3.63, 3.8) is 0 Å². The Hall–Kier alpha value is -1.18. The molecule has 0 aliphatic rings. The minimum absolute atomic E-state index is 0.128. The summed E-state index contributed by atoms with van der Waals surface area (Å²) >= 11 is 0. The lowest BCUT2D eigenvalue weighted by molar-refractivity contribution is 0.381. The molecule has 1 rings (SSSR count). The fourth-order valence-corrected chi connectivity index (χ4v) is 4.27. The second-order valence-corrected chi connectivity index (χ2v) is 9.98. The maximum Gasteiger partial charge on any atom is 0.119 e. The van der Waals surface area contributed by atoms with E-state index in [1.165, 1.54) is 51.4 Å². The van der Waals surface area contributed by atoms with Crippen molar-refractivity contribution in [1.82, 2.24) is 0 Å². The van der Waals surface area contributed by atoms with Gasteiger partial charge in [-0.2, -0.15) is 0 Å². The highest BCUT2D eigenvalue weighted by Gasteiger charge is 2.29. The number of aromatic hydroxyl groups is 2. The smallest absolute Gasteiger partial charge is 0.119 e. The van der Waals surface area contributed by atoms with Gasteiger partial charge in [0, 0.05) is 11.1 Å². The van der Waals surface area contributed by atoms with E-state index in [9.17, 15) is 10.2 Å². The Kier molecular flexibility index (Phi) is 10.4. The summed E-state index contributed by atoms with van der Waals surface area (Å²) in [5.41, 5.74) is 1.50. The van der Waals surface area contributed by atoms with E-state index in [4.69, 9.17) is 0 Å². The molecule has 2 heteroatoms. The largest absolute Gasteiger partial charge is 0.508 e. The lowest BCUT2D eigenvalue weighted by Crippen LogP contribution is -2.20. The van der Waals surface area contributed by atoms with Gasteiger partial charge >= 0.3 is 0 Å². The van der Waals surface area contributed by atoms with Crippen LogP contribution < -0.4 is 0 Å². The van der Waals surface area contributed by atoms with E-state index in [2.05, 4.69) is 41.5 Å². The van der Waals surface area contributed by atoms with Gasteiger partial charge in [0.15, 0.2) is 0 Å². The molecule has 2 nitrogen and oxygen atoms in total. The molecular weight excluding hydrogens is 344 g/mol. The van der Waals surface area contributed by atoms with Gasteiger partial charge in [0.1, 0.15) is 11.5 Å². The second-order valence-electron chi connectivity index (χ2n) is 9.98. The van der Waals surface area contributed by atoms with Gasteiger partial charge in [-0.25, -0.2) is 0 Å². The van der Waals surface area contributed by atoms with Crippen LogP contribution in [-0.2, 0) is 10.8 Å². The fraction of sp³-hybridized carbons (Fsp3) is 0.769. The molecule has 0 aliphatic carbocycles. The molecule has 0 saturated carbocycles. The minimum atomic E-state index is -0.128. The van der Waals surface area contributed by atoms with Crippen molar-refractivity contribution in [2.45, 2.75) is 129 Å². The van der Waals surface area contributed by atoms with Gasteiger partial charge in [0.2, 0.25) is 0 Å². The Morgan fingerprint density at radius 2 is 0.893 bits per heavy atom. The summed E-state index contributed by atoms with van der Waals surface area (Å²) in [4.78, 5) is 0. The predicted molar refractivity (Wildman–Crippen MR) is 123 cm³/mol. The fourth-order valence-electron chi connectivity index (χ4n) is 4.27. The third-order valence-electron chi connectivity index (χ3n) is 6.38. The molecule has 2 N–H and O–H groups in total. The van der Waals surface area contributed by atoms with Crippen LogP contribution in [0.2, 0.25) is 0 Å². The second kappa shape index (κ2) is 11.7. The molecule has 0 saturated heterocycles. The first kappa shape index (κ1) is 24.9. The van der Waals surface area contributed by atoms with Gasteiger partial charge in [0.05, 0.1) is 0 Å². The van der Waals surface area contributed by atoms with Crippen LogP contribution in [0.4, 0.5) is 0 Å². The van der Waals surface area contributed by atoms with Crippen LogP contribution in [0.25, 0.3) is 0 Å². The van der Waals surface area contributed by atoms with E-state index in [1.807, 2.05) is 12.1 Å². The molecule has 1 aromatic carbocycles. The summed E-state index contributed by atoms with van der Waals surface area (Å²) in [6.45, 7) is 13.2. The van der Waals surface area contributed by atoms with Crippen molar-refractivity contribution >= 4 is 0 Å². The zero-order valence-electron chi connectivity index (χ0n) is 19.5. The first-order valence-electron chi connectivity index (χ1n) is 11.7. The molecule has 0 heterocycles. The van der Waals surface area contributed by atoms with Crippen LogP contribution in [0.15, 0.2) is 12.1 Å². The topological polar surface area (TPSA) is 40.5 Å². The number of hydrogen-bond donors (Lipinski definition) is 2. The molecule has 0 radical (unpaired) electrons. The van der Waals surface area contributed by atoms with Crippen LogP contribution in [0.3, 0.4) is 0 Å². The minimum Gasteiger partial charge on any atom is -0.508 e. The lowest BCUT2D eigenvalue weighted by Gasteiger charge is -2.30. The monoisotopic (exact) mass is 390 g/mol. The zero-order chi connectivity index (χ0) is 21.2. The summed E-state index contributed by atoms with van der Waals surface area (Å²) in [6, 6.07) is 3.66. The third-order valence-corrected chi connectivity index (χ3v) is 6.38. The molecule has 0 atom stereocenters. The van der Waals surface area contributed by atoms with Crippen LogP contribution in [0.5, 0.6) is 11.5 Å². The Morgan fingerprint density at radius 3 is 1.21 bits per heavy atom. The highest BCUT2D eigenvalue weighted by molar-refractivity contribution is 5.50. The average Bonchev–Trinajstić information content (AvgIpc) is 2.62. The first-order chi connectivity index (χ1) is 13.2. The Morgan fingerprint density at radius 1 is 0.571 bits per heavy atom. The third kappa shape index (κ3) is 7.68. The van der Waals surface area contributed by atoms with E-state index in [-0.39, 0.29) is 10.8 Å². The Bertz CT molecular complexity index is 520. The van der Waals surface area contributed by atoms with Gasteiger partial charge in [-0.05, 0) is 35.8 Å². The normalized spacial score (nSPS) is 12.5. The van der Waals surface area contributed by atoms with E-state index in [0.717, 1.165) is 36.8 Å². The summed E-state index contributed by atoms with van der Waals surface area (Å²) in [6.07, 6.45) is 14.6. The highest BCUT2D eigenvalue weighted by atomic mass is 16.3. The molecule has 0 fully saturated rings. The van der Waals surface area contributed by atoms with E-state index in [0.29, 0.717) is 11.5 Å². The van der Waals surface area contributed by atoms with Gasteiger partial charge in [-0.15, -0.1) is 0 Å². The van der Waals surface area contributed by atoms with E-state index < -0.39 is 0 Å². The standard InChI is InChI=1S/C26H46O2/c1-7-9-11-13-15-17-25(3,4)21-19-24(28)22(20-23(21)27)26(5,6)18-16-14-12-10-8-2/h19-20,27-28H,7-18H2,1-6H3. The molecule has 0 aliphatic heterocycles. The van der Waals surface area contributed by atoms with Crippen LogP contribution in [-0.4, -0.2) is 10.2 Å². The molecule has 0 aromatic heterocycles. The Labute approximate surface area is 174 Å². The van der Waals surface area contributed by atoms with Crippen molar-refractivity contribution in [2.75, 3.05) is 0 Å². The molecule has 0 amide bonds. The maximum atomic E-state index is 10.8. The summed E-state index contributed by atoms with van der Waals surface area (Å²) in [5.74, 6) is 0.677. The van der Waals surface area contributed by atoms with Gasteiger partial charge in [0.25, 0.3) is 0 Å². The number of unbranched alkanes of at least 4 members (excludes halogenated alkanes) is 8. The number of hydrogen-bond acceptors (Lipinski definition) is 2. The van der Waals surface area contributed by atoms with Crippen LogP contribution in [0.1, 0.15) is 130 Å². The predicted octanol–water partition coefficient (Wildman–Crippen LogP) is 8.37. The summed E-state index contributed by atoms with van der Waals surface area (Å²) in [5, 5.41) is 21.6. The molecule has 0 spiro atoms. The van der Waals surface area contributed by atoms with Gasteiger partial charge < -0.3 is 10.2 Å². The lowest BCUT2D eigenvalue weighted by atomic mass is 9.75. The van der Waals surface area contributed by atoms with Crippen molar-refractivity contribution in [2.24, 2.45) is 0 Å². The van der Waals surface area contributed by atoms with Gasteiger partial charge in [-0.3, -0.25) is 0 Å². The summed E-state index contributed by atoms with van der Waals surface area (Å²) < 4.78 is 0. The van der Waals surface area contributed by atoms with Crippen molar-refractivity contribution in [3.8, 4) is 11.5 Å². The number of phenolic OH excluding ortho intramolecular Hbond substituents is 2. The number of phenols is 2. The molecule has 0 unspecified atom stereocenters. The quantitative estimate of drug-likeness (QED) is 0.247. The molecule has 162 valence electrons. The molecule has 1 aromatic rings. The first-order valence-corrected chi connectivity index (χ1v) is 11.7. The number of rotatable bonds is 14. The van der Waals surface area contributed by atoms with Crippen molar-refractivity contribution in [1.29, 1.82) is 0 Å². The molecule has 28 heavy (non-hydrogen) atoms. The van der Waals surface area contributed by atoms with Crippen molar-refractivity contribution in [3.05, 3.63) is 23.3 Å². The Balaban J connectivity index is 2.81. The SMILES string of the molecule is CCCCCCCC(C)(C)c1cc(O)c(C(C)(C)CCCCCCC)cc1O. The summed E-state index contributed by atoms with van der Waals surface area (Å²) in [7, 11) is 0. The molecular formula is C26H46O2. The van der Waals surface area contributed by atoms with E-state index in [1.54, 1.807) is 0 Å². The number of benzene rings is 1.